The van der Waals surface area contributed by atoms with Crippen LogP contribution in [0.5, 0.6) is 5.75 Å². The fourth-order valence-corrected chi connectivity index (χ4v) is 2.84. The number of benzene rings is 3. The van der Waals surface area contributed by atoms with Gasteiger partial charge in [0.25, 0.3) is 0 Å². The van der Waals surface area contributed by atoms with E-state index in [9.17, 15) is 14.0 Å². The van der Waals surface area contributed by atoms with E-state index in [0.29, 0.717) is 22.4 Å². The summed E-state index contributed by atoms with van der Waals surface area (Å²) in [5, 5.41) is 0. The highest BCUT2D eigenvalue weighted by atomic mass is 19.1. The molecule has 0 radical (unpaired) electrons. The third-order valence-electron chi connectivity index (χ3n) is 4.70. The number of carbonyl (C=O) groups is 2. The Bertz CT molecular complexity index is 1010. The second-order valence-corrected chi connectivity index (χ2v) is 6.78. The number of hydrogen-bond donors (Lipinski definition) is 0. The Balaban J connectivity index is 1.69. The summed E-state index contributed by atoms with van der Waals surface area (Å²) < 4.78 is 18.7. The molecule has 28 heavy (non-hydrogen) atoms. The van der Waals surface area contributed by atoms with Gasteiger partial charge in [-0.3, -0.25) is 9.59 Å². The van der Waals surface area contributed by atoms with Crippen molar-refractivity contribution in [2.45, 2.75) is 26.9 Å². The predicted molar refractivity (Wildman–Crippen MR) is 107 cm³/mol. The van der Waals surface area contributed by atoms with E-state index in [1.54, 1.807) is 37.3 Å². The molecule has 0 aliphatic heterocycles. The Hall–Kier alpha value is -3.27. The summed E-state index contributed by atoms with van der Waals surface area (Å²) in [7, 11) is 0. The van der Waals surface area contributed by atoms with Gasteiger partial charge in [-0.15, -0.1) is 0 Å². The zero-order valence-electron chi connectivity index (χ0n) is 16.0. The molecule has 3 rings (SSSR count). The number of halogens is 1. The van der Waals surface area contributed by atoms with Gasteiger partial charge in [0.2, 0.25) is 5.78 Å². The molecule has 1 atom stereocenters. The van der Waals surface area contributed by atoms with Crippen LogP contribution < -0.4 is 4.74 Å². The van der Waals surface area contributed by atoms with Crippen LogP contribution in [-0.4, -0.2) is 17.7 Å². The zero-order valence-corrected chi connectivity index (χ0v) is 16.0. The first-order valence-electron chi connectivity index (χ1n) is 9.03. The fourth-order valence-electron chi connectivity index (χ4n) is 2.84. The molecule has 0 spiro atoms. The van der Waals surface area contributed by atoms with Crippen molar-refractivity contribution < 1.29 is 18.7 Å². The fraction of sp³-hybridized carbons (Fsp3) is 0.167. The van der Waals surface area contributed by atoms with E-state index >= 15 is 0 Å². The summed E-state index contributed by atoms with van der Waals surface area (Å²) >= 11 is 0. The molecule has 0 heterocycles. The lowest BCUT2D eigenvalue weighted by Gasteiger charge is -2.15. The van der Waals surface area contributed by atoms with Crippen molar-refractivity contribution >= 4 is 11.6 Å². The van der Waals surface area contributed by atoms with Gasteiger partial charge in [0, 0.05) is 16.7 Å². The van der Waals surface area contributed by atoms with Crippen molar-refractivity contribution in [3.05, 3.63) is 100 Å². The highest BCUT2D eigenvalue weighted by molar-refractivity contribution is 6.09. The quantitative estimate of drug-likeness (QED) is 0.547. The third-order valence-corrected chi connectivity index (χ3v) is 4.70. The highest BCUT2D eigenvalue weighted by Crippen LogP contribution is 2.19. The van der Waals surface area contributed by atoms with Gasteiger partial charge in [-0.1, -0.05) is 12.1 Å². The molecule has 0 aliphatic rings. The second kappa shape index (κ2) is 8.17. The van der Waals surface area contributed by atoms with Crippen LogP contribution in [0.1, 0.15) is 44.3 Å². The van der Waals surface area contributed by atoms with Crippen molar-refractivity contribution in [3.63, 3.8) is 0 Å². The molecule has 4 heteroatoms. The average molecular weight is 376 g/mol. The van der Waals surface area contributed by atoms with Crippen molar-refractivity contribution in [2.24, 2.45) is 0 Å². The van der Waals surface area contributed by atoms with Crippen LogP contribution in [-0.2, 0) is 0 Å². The van der Waals surface area contributed by atoms with Crippen LogP contribution >= 0.6 is 0 Å². The molecule has 0 saturated carbocycles. The molecular weight excluding hydrogens is 355 g/mol. The molecule has 0 aromatic heterocycles. The van der Waals surface area contributed by atoms with Gasteiger partial charge < -0.3 is 4.74 Å². The van der Waals surface area contributed by atoms with Crippen LogP contribution in [0.25, 0.3) is 0 Å². The van der Waals surface area contributed by atoms with Gasteiger partial charge in [-0.25, -0.2) is 4.39 Å². The number of ketones is 2. The molecule has 0 saturated heterocycles. The Morgan fingerprint density at radius 3 is 1.89 bits per heavy atom. The summed E-state index contributed by atoms with van der Waals surface area (Å²) in [6.45, 7) is 5.67. The zero-order chi connectivity index (χ0) is 20.3. The van der Waals surface area contributed by atoms with E-state index in [1.165, 1.54) is 24.3 Å². The van der Waals surface area contributed by atoms with E-state index in [2.05, 4.69) is 0 Å². The Morgan fingerprint density at radius 1 is 0.786 bits per heavy atom. The van der Waals surface area contributed by atoms with Gasteiger partial charge in [-0.2, -0.15) is 0 Å². The molecule has 3 nitrogen and oxygen atoms in total. The average Bonchev–Trinajstić information content (AvgIpc) is 2.70. The van der Waals surface area contributed by atoms with Gasteiger partial charge in [0.15, 0.2) is 11.9 Å². The number of Topliss-reactive ketones (excluding diaryl/α,β-unsaturated/α-hetero) is 1. The van der Waals surface area contributed by atoms with Crippen LogP contribution in [0, 0.1) is 19.7 Å². The molecule has 0 amide bonds. The molecule has 142 valence electrons. The molecule has 0 aliphatic carbocycles. The standard InChI is InChI=1S/C24H21FO3/c1-15-4-5-20(14-16(15)2)23(26)17(3)28-22-12-8-19(9-13-22)24(27)18-6-10-21(25)11-7-18/h4-14,17H,1-3H3/t17-/m0/s1. The normalized spacial score (nSPS) is 11.7. The van der Waals surface area contributed by atoms with Gasteiger partial charge in [0.05, 0.1) is 0 Å². The molecule has 0 fully saturated rings. The van der Waals surface area contributed by atoms with Crippen molar-refractivity contribution in [3.8, 4) is 5.75 Å². The van der Waals surface area contributed by atoms with Gasteiger partial charge >= 0.3 is 0 Å². The van der Waals surface area contributed by atoms with Gasteiger partial charge in [0.1, 0.15) is 11.6 Å². The first-order chi connectivity index (χ1) is 13.3. The molecule has 0 unspecified atom stereocenters. The van der Waals surface area contributed by atoms with Crippen LogP contribution in [0.15, 0.2) is 66.7 Å². The number of aryl methyl sites for hydroxylation is 2. The van der Waals surface area contributed by atoms with Crippen molar-refractivity contribution in [1.82, 2.24) is 0 Å². The van der Waals surface area contributed by atoms with Crippen LogP contribution in [0.3, 0.4) is 0 Å². The molecule has 3 aromatic rings. The Morgan fingerprint density at radius 2 is 1.32 bits per heavy atom. The monoisotopic (exact) mass is 376 g/mol. The molecular formula is C24H21FO3. The number of ether oxygens (including phenoxy) is 1. The molecule has 3 aromatic carbocycles. The van der Waals surface area contributed by atoms with Crippen LogP contribution in [0.4, 0.5) is 4.39 Å². The maximum absolute atomic E-state index is 13.0. The maximum Gasteiger partial charge on any atom is 0.203 e. The minimum Gasteiger partial charge on any atom is -0.483 e. The van der Waals surface area contributed by atoms with E-state index < -0.39 is 6.10 Å². The van der Waals surface area contributed by atoms with E-state index in [4.69, 9.17) is 4.74 Å². The summed E-state index contributed by atoms with van der Waals surface area (Å²) in [5.74, 6) is -0.191. The molecule has 0 bridgehead atoms. The minimum atomic E-state index is -0.652. The third kappa shape index (κ3) is 4.34. The lowest BCUT2D eigenvalue weighted by Crippen LogP contribution is -2.24. The largest absolute Gasteiger partial charge is 0.483 e. The van der Waals surface area contributed by atoms with E-state index in [1.807, 2.05) is 26.0 Å². The maximum atomic E-state index is 13.0. The number of rotatable bonds is 6. The number of hydrogen-bond acceptors (Lipinski definition) is 3. The Labute approximate surface area is 163 Å². The van der Waals surface area contributed by atoms with Crippen molar-refractivity contribution in [2.75, 3.05) is 0 Å². The lowest BCUT2D eigenvalue weighted by molar-refractivity contribution is 0.0817. The smallest absolute Gasteiger partial charge is 0.203 e. The Kier molecular flexibility index (Phi) is 5.69. The lowest BCUT2D eigenvalue weighted by atomic mass is 10.0. The van der Waals surface area contributed by atoms with E-state index in [-0.39, 0.29) is 17.4 Å². The van der Waals surface area contributed by atoms with Gasteiger partial charge in [-0.05, 0) is 86.5 Å². The van der Waals surface area contributed by atoms with Crippen LogP contribution in [0.2, 0.25) is 0 Å². The second-order valence-electron chi connectivity index (χ2n) is 6.78. The number of carbonyl (C=O) groups excluding carboxylic acids is 2. The van der Waals surface area contributed by atoms with Crippen molar-refractivity contribution in [1.29, 1.82) is 0 Å². The summed E-state index contributed by atoms with van der Waals surface area (Å²) in [6, 6.07) is 17.6. The predicted octanol–water partition coefficient (Wildman–Crippen LogP) is 5.32. The first kappa shape index (κ1) is 19.5. The van der Waals surface area contributed by atoms with E-state index in [0.717, 1.165) is 11.1 Å². The summed E-state index contributed by atoms with van der Waals surface area (Å²) in [4.78, 5) is 25.0. The minimum absolute atomic E-state index is 0.102. The summed E-state index contributed by atoms with van der Waals surface area (Å²) in [5.41, 5.74) is 3.67. The first-order valence-corrected chi connectivity index (χ1v) is 9.03. The SMILES string of the molecule is Cc1ccc(C(=O)[C@H](C)Oc2ccc(C(=O)c3ccc(F)cc3)cc2)cc1C. The molecule has 0 N–H and O–H groups in total. The highest BCUT2D eigenvalue weighted by Gasteiger charge is 2.18. The summed E-state index contributed by atoms with van der Waals surface area (Å²) in [6.07, 6.45) is -0.652. The topological polar surface area (TPSA) is 43.4 Å².